The van der Waals surface area contributed by atoms with Gasteiger partial charge in [-0.1, -0.05) is 182 Å². The van der Waals surface area contributed by atoms with Crippen molar-refractivity contribution in [3.05, 3.63) is 308 Å². The van der Waals surface area contributed by atoms with Crippen LogP contribution in [0.3, 0.4) is 0 Å². The number of benzene rings is 10. The largest absolute Gasteiger partial charge is 0.465 e. The van der Waals surface area contributed by atoms with Gasteiger partial charge in [0.1, 0.15) is 23.2 Å². The molecule has 4 nitrogen and oxygen atoms in total. The first kappa shape index (κ1) is 70.4. The Morgan fingerprint density at radius 2 is 0.524 bits per heavy atom. The highest BCUT2D eigenvalue weighted by Crippen LogP contribution is 2.52. The lowest BCUT2D eigenvalue weighted by molar-refractivity contribution is 0.0397. The molecule has 0 aliphatic heterocycles. The van der Waals surface area contributed by atoms with E-state index in [0.29, 0.717) is 23.1 Å². The highest BCUT2D eigenvalue weighted by atomic mass is 31.2. The van der Waals surface area contributed by atoms with Gasteiger partial charge in [-0.05, 0) is 148 Å². The second-order valence-corrected chi connectivity index (χ2v) is 59.9. The van der Waals surface area contributed by atoms with Gasteiger partial charge in [-0.15, -0.1) is 0 Å². The van der Waals surface area contributed by atoms with E-state index in [1.807, 2.05) is 106 Å². The number of hydrogen-bond donors (Lipinski definition) is 0. The molecule has 568 valence electrons. The number of aryl methyl sites for hydroxylation is 1. The molecule has 0 radical (unpaired) electrons. The van der Waals surface area contributed by atoms with E-state index in [1.54, 1.807) is 50.6 Å². The Morgan fingerprint density at radius 1 is 0.295 bits per heavy atom. The monoisotopic (exact) mass is 1590 g/mol. The average Bonchev–Trinajstić information content (AvgIpc) is 0.710. The summed E-state index contributed by atoms with van der Waals surface area (Å²) in [5, 5.41) is 11.0. The lowest BCUT2D eigenvalue weighted by Gasteiger charge is -2.22. The quantitative estimate of drug-likeness (QED) is 0.0804. The molecule has 0 saturated carbocycles. The zero-order valence-corrected chi connectivity index (χ0v) is 74.5. The van der Waals surface area contributed by atoms with Crippen LogP contribution in [0.1, 0.15) is 60.9 Å². The van der Waals surface area contributed by atoms with Gasteiger partial charge in [-0.3, -0.25) is 0 Å². The van der Waals surface area contributed by atoms with Crippen LogP contribution in [0.5, 0.6) is 0 Å². The molecule has 0 aromatic heterocycles. The third kappa shape index (κ3) is 43.7. The Kier molecular flexibility index (Phi) is 33.5. The molecule has 0 saturated heterocycles. The SMILES string of the molecule is COC(=O)c1ccccc1C.COC(C)CC(C)OC.C[P+](C)(C)C.C[P+](C)(C)C.C[P+](C)(C)c1ccccc1.C[P+](C)(c1ccccc1)c1ccccc1.C[P+](c1ccccc1)(c1ccccc1)c1ccccc1.[2H]C([2H])([2H])[P+](C)(C([2H])([2H])[2H])C([2H])([2H])[2H].[2H]C([2H])([2H])[P+](C)(c1ccccc1)C([2H])([2H])[2H].[2H]C([2H])([2H])[P+](C)(c1ccccc1)c1ccccc1. The highest BCUT2D eigenvalue weighted by molar-refractivity contribution is 7.95. The number of rotatable bonds is 14. The number of hydrogen-bond acceptors (Lipinski definition) is 4. The summed E-state index contributed by atoms with van der Waals surface area (Å²) in [6, 6.07) is 99.7. The first-order valence-electron chi connectivity index (χ1n) is 43.8. The van der Waals surface area contributed by atoms with Crippen LogP contribution >= 0.6 is 58.1 Å². The predicted molar refractivity (Wildman–Crippen MR) is 506 cm³/mol. The Hall–Kier alpha value is -4.97. The maximum Gasteiger partial charge on any atom is 0.338 e. The minimum atomic E-state index is -4.02. The molecule has 0 bridgehead atoms. The van der Waals surface area contributed by atoms with Crippen molar-refractivity contribution in [2.75, 3.05) is 174 Å². The predicted octanol–water partition coefficient (Wildman–Crippen LogP) is 21.7. The summed E-state index contributed by atoms with van der Waals surface area (Å²) < 4.78 is 147. The van der Waals surface area contributed by atoms with E-state index in [0.717, 1.165) is 29.3 Å². The van der Waals surface area contributed by atoms with Crippen molar-refractivity contribution in [3.63, 3.8) is 0 Å². The molecule has 0 amide bonds. The number of ether oxygens (including phenoxy) is 3. The van der Waals surface area contributed by atoms with Gasteiger partial charge in [0.15, 0.2) is 0 Å². The Bertz CT molecular complexity index is 4260. The molecule has 10 aromatic rings. The summed E-state index contributed by atoms with van der Waals surface area (Å²) in [7, 11) is -8.97. The molecule has 12 heteroatoms. The smallest absolute Gasteiger partial charge is 0.338 e. The zero-order valence-electron chi connectivity index (χ0n) is 85.4. The highest BCUT2D eigenvalue weighted by Gasteiger charge is 2.40. The van der Waals surface area contributed by atoms with Crippen LogP contribution in [0.25, 0.3) is 0 Å². The van der Waals surface area contributed by atoms with Gasteiger partial charge in [0.2, 0.25) is 0 Å². The molecule has 2 unspecified atom stereocenters. The van der Waals surface area contributed by atoms with Crippen LogP contribution < -0.4 is 47.7 Å². The zero-order chi connectivity index (χ0) is 94.6. The van der Waals surface area contributed by atoms with E-state index >= 15 is 0 Å². The van der Waals surface area contributed by atoms with E-state index in [2.05, 4.69) is 280 Å². The fourth-order valence-corrected chi connectivity index (χ4v) is 18.2. The van der Waals surface area contributed by atoms with Gasteiger partial charge in [0, 0.05) is 130 Å². The fraction of sp³-hybridized carbons (Fsp3) is 0.344. The maximum absolute atomic E-state index is 11.0. The van der Waals surface area contributed by atoms with Crippen LogP contribution in [0, 0.1) is 6.92 Å². The van der Waals surface area contributed by atoms with Crippen molar-refractivity contribution in [1.29, 1.82) is 0 Å². The van der Waals surface area contributed by atoms with E-state index in [4.69, 9.17) is 34.1 Å². The normalized spacial score (nSPS) is 15.0. The van der Waals surface area contributed by atoms with Crippen molar-refractivity contribution in [2.45, 2.75) is 39.4 Å². The summed E-state index contributed by atoms with van der Waals surface area (Å²) in [4.78, 5) is 11.0. The van der Waals surface area contributed by atoms with Crippen LogP contribution in [-0.4, -0.2) is 192 Å². The molecule has 0 N–H and O–H groups in total. The first-order valence-corrected chi connectivity index (χ1v) is 56.7. The van der Waals surface area contributed by atoms with Gasteiger partial charge < -0.3 is 14.2 Å². The number of esters is 1. The Morgan fingerprint density at radius 3 is 0.733 bits per heavy atom. The number of carbonyl (C=O) groups is 1. The first-order chi connectivity index (χ1) is 56.4. The van der Waals surface area contributed by atoms with Crippen LogP contribution in [-0.2, 0) is 14.2 Å². The molecule has 105 heavy (non-hydrogen) atoms. The second-order valence-electron chi connectivity index (χ2n) is 29.5. The van der Waals surface area contributed by atoms with Gasteiger partial charge >= 0.3 is 5.97 Å². The lowest BCUT2D eigenvalue weighted by atomic mass is 10.1. The van der Waals surface area contributed by atoms with Crippen molar-refractivity contribution >= 4 is 112 Å². The molecular weight excluding hydrogens is 1430 g/mol. The van der Waals surface area contributed by atoms with Crippen LogP contribution in [0.2, 0.25) is 0 Å². The van der Waals surface area contributed by atoms with Crippen molar-refractivity contribution in [3.8, 4) is 0 Å². The Labute approximate surface area is 674 Å². The molecule has 10 aromatic carbocycles. The third-order valence-corrected chi connectivity index (χ3v) is 28.0. The molecule has 0 aliphatic carbocycles. The van der Waals surface area contributed by atoms with Gasteiger partial charge in [-0.2, -0.15) is 0 Å². The maximum atomic E-state index is 11.0. The summed E-state index contributed by atoms with van der Waals surface area (Å²) in [6.07, 6.45) is 1.58. The van der Waals surface area contributed by atoms with Crippen molar-refractivity contribution in [2.24, 2.45) is 0 Å². The van der Waals surface area contributed by atoms with Gasteiger partial charge in [0.05, 0.1) is 169 Å². The second kappa shape index (κ2) is 50.0. The van der Waals surface area contributed by atoms with Crippen molar-refractivity contribution < 1.29 is 43.7 Å². The molecule has 0 fully saturated rings. The lowest BCUT2D eigenvalue weighted by Crippen LogP contribution is -2.30. The van der Waals surface area contributed by atoms with Crippen molar-refractivity contribution in [1.82, 2.24) is 0 Å². The van der Waals surface area contributed by atoms with Crippen LogP contribution in [0.15, 0.2) is 297 Å². The molecular formula is C93H140O4P8+8. The van der Waals surface area contributed by atoms with E-state index in [1.165, 1.54) is 45.6 Å². The minimum Gasteiger partial charge on any atom is -0.465 e. The van der Waals surface area contributed by atoms with Gasteiger partial charge in [0.25, 0.3) is 0 Å². The number of carbonyl (C=O) groups excluding carboxylic acids is 1. The summed E-state index contributed by atoms with van der Waals surface area (Å²) in [5.41, 5.74) is 1.58. The molecule has 0 aliphatic rings. The molecule has 0 heterocycles. The van der Waals surface area contributed by atoms with E-state index in [-0.39, 0.29) is 20.5 Å². The summed E-state index contributed by atoms with van der Waals surface area (Å²) in [5.74, 6) is -0.275. The standard InChI is InChI=1S/C19H18P.2C14H16P.C9H10O2.2C9H14P.C7H16O2.3C4H12P/c1-20(17-11-5-2-6-12-17,18-13-7-3-8-14-18)19-15-9-4-10-16-19;2*1-15(2,13-9-5-3-6-10-13)14-11-7-4-8-12-14;1-7-5-3-4-6-8(7)9(10)11-2;2*1-10(2,3)9-7-5-4-6-8-9;1-6(8-3)5-7(2)9-4;3*1-5(2,3)4/h2-16H,1H3;2*3-12H,1-2H3;3-6H,1-2H3;2*4-8H,1-3H3;6-7H,5H2,1-4H3;3*1-4H3/q3*+1;;2*+1;;3*+1/i;1D3;;;1D3,2D3;;;1D3,2D3,3D3;;. The molecule has 2 atom stereocenters. The minimum absolute atomic E-state index is 0.275. The van der Waals surface area contributed by atoms with Crippen LogP contribution in [0.4, 0.5) is 0 Å². The van der Waals surface area contributed by atoms with Gasteiger partial charge in [-0.25, -0.2) is 4.79 Å². The Balaban J connectivity index is 0.000000699. The average molecular weight is 1590 g/mol. The van der Waals surface area contributed by atoms with E-state index < -0.39 is 83.1 Å². The topological polar surface area (TPSA) is 44.8 Å². The number of methoxy groups -OCH3 is 3. The summed E-state index contributed by atoms with van der Waals surface area (Å²) >= 11 is 0. The van der Waals surface area contributed by atoms with E-state index in [9.17, 15) is 4.79 Å². The molecule has 10 rings (SSSR count). The fourth-order valence-electron chi connectivity index (χ4n) is 9.15. The summed E-state index contributed by atoms with van der Waals surface area (Å²) in [6.45, 7) is 26.9. The third-order valence-electron chi connectivity index (χ3n) is 15.0. The molecule has 0 spiro atoms.